The molecule has 0 atom stereocenters. The number of rotatable bonds is 3. The fraction of sp³-hybridized carbons (Fsp3) is 0.250. The van der Waals surface area contributed by atoms with Crippen LogP contribution >= 0.6 is 11.6 Å². The SMILES string of the molecule is Fc1cc(Cl)cc(NC2CC(c3ccccc3)C2)c1. The van der Waals surface area contributed by atoms with E-state index in [1.54, 1.807) is 6.07 Å². The van der Waals surface area contributed by atoms with Crippen molar-refractivity contribution in [3.05, 3.63) is 64.9 Å². The monoisotopic (exact) mass is 275 g/mol. The molecule has 0 aromatic heterocycles. The fourth-order valence-electron chi connectivity index (χ4n) is 2.61. The third kappa shape index (κ3) is 2.90. The third-order valence-electron chi connectivity index (χ3n) is 3.64. The Kier molecular flexibility index (Phi) is 3.43. The van der Waals surface area contributed by atoms with Crippen LogP contribution in [-0.2, 0) is 0 Å². The average molecular weight is 276 g/mol. The minimum Gasteiger partial charge on any atom is -0.382 e. The molecular formula is C16H15ClFN. The third-order valence-corrected chi connectivity index (χ3v) is 3.86. The van der Waals surface area contributed by atoms with Crippen molar-refractivity contribution in [2.75, 3.05) is 5.32 Å². The van der Waals surface area contributed by atoms with Crippen LogP contribution < -0.4 is 5.32 Å². The van der Waals surface area contributed by atoms with Crippen LogP contribution in [0.2, 0.25) is 5.02 Å². The van der Waals surface area contributed by atoms with E-state index in [0.717, 1.165) is 18.5 Å². The van der Waals surface area contributed by atoms with E-state index in [2.05, 4.69) is 29.6 Å². The van der Waals surface area contributed by atoms with Crippen LogP contribution in [0.15, 0.2) is 48.5 Å². The first-order valence-electron chi connectivity index (χ1n) is 6.48. The Labute approximate surface area is 117 Å². The van der Waals surface area contributed by atoms with Gasteiger partial charge in [-0.1, -0.05) is 41.9 Å². The molecule has 0 bridgehead atoms. The molecule has 1 fully saturated rings. The quantitative estimate of drug-likeness (QED) is 0.845. The highest BCUT2D eigenvalue weighted by molar-refractivity contribution is 6.30. The Bertz CT molecular complexity index is 544. The lowest BCUT2D eigenvalue weighted by atomic mass is 9.76. The summed E-state index contributed by atoms with van der Waals surface area (Å²) in [5, 5.41) is 3.77. The molecule has 3 heteroatoms. The van der Waals surface area contributed by atoms with E-state index in [1.807, 2.05) is 6.07 Å². The van der Waals surface area contributed by atoms with Gasteiger partial charge in [0.05, 0.1) is 0 Å². The topological polar surface area (TPSA) is 12.0 Å². The van der Waals surface area contributed by atoms with Crippen molar-refractivity contribution in [1.82, 2.24) is 0 Å². The molecule has 0 amide bonds. The minimum atomic E-state index is -0.297. The second-order valence-electron chi connectivity index (χ2n) is 5.08. The molecule has 19 heavy (non-hydrogen) atoms. The lowest BCUT2D eigenvalue weighted by Gasteiger charge is -2.37. The van der Waals surface area contributed by atoms with Gasteiger partial charge in [-0.15, -0.1) is 0 Å². The highest BCUT2D eigenvalue weighted by Crippen LogP contribution is 2.38. The van der Waals surface area contributed by atoms with Gasteiger partial charge >= 0.3 is 0 Å². The molecule has 1 saturated carbocycles. The Morgan fingerprint density at radius 3 is 2.47 bits per heavy atom. The maximum atomic E-state index is 13.2. The molecule has 0 aliphatic heterocycles. The van der Waals surface area contributed by atoms with Crippen molar-refractivity contribution < 1.29 is 4.39 Å². The molecule has 0 saturated heterocycles. The average Bonchev–Trinajstić information content (AvgIpc) is 2.33. The molecule has 0 unspecified atom stereocenters. The zero-order valence-electron chi connectivity index (χ0n) is 10.4. The number of benzene rings is 2. The van der Waals surface area contributed by atoms with Gasteiger partial charge in [0.2, 0.25) is 0 Å². The zero-order valence-corrected chi connectivity index (χ0v) is 11.2. The van der Waals surface area contributed by atoms with Gasteiger partial charge in [-0.2, -0.15) is 0 Å². The molecule has 0 radical (unpaired) electrons. The van der Waals surface area contributed by atoms with Crippen molar-refractivity contribution >= 4 is 17.3 Å². The second kappa shape index (κ2) is 5.22. The molecule has 1 aliphatic rings. The van der Waals surface area contributed by atoms with E-state index in [0.29, 0.717) is 17.0 Å². The maximum absolute atomic E-state index is 13.2. The first-order valence-corrected chi connectivity index (χ1v) is 6.86. The number of halogens is 2. The van der Waals surface area contributed by atoms with Crippen LogP contribution in [0.3, 0.4) is 0 Å². The van der Waals surface area contributed by atoms with Gasteiger partial charge in [0.1, 0.15) is 5.82 Å². The standard InChI is InChI=1S/C16H15ClFN/c17-13-8-14(18)10-16(9-13)19-15-6-12(7-15)11-4-2-1-3-5-11/h1-5,8-10,12,15,19H,6-7H2. The van der Waals surface area contributed by atoms with Crippen LogP contribution in [0.4, 0.5) is 10.1 Å². The lowest BCUT2D eigenvalue weighted by Crippen LogP contribution is -2.33. The van der Waals surface area contributed by atoms with E-state index in [9.17, 15) is 4.39 Å². The van der Waals surface area contributed by atoms with Crippen LogP contribution in [-0.4, -0.2) is 6.04 Å². The zero-order chi connectivity index (χ0) is 13.2. The van der Waals surface area contributed by atoms with E-state index in [4.69, 9.17) is 11.6 Å². The van der Waals surface area contributed by atoms with Crippen molar-refractivity contribution in [3.63, 3.8) is 0 Å². The summed E-state index contributed by atoms with van der Waals surface area (Å²) in [6.07, 6.45) is 2.16. The Balaban J connectivity index is 1.59. The smallest absolute Gasteiger partial charge is 0.126 e. The summed E-state index contributed by atoms with van der Waals surface area (Å²) in [7, 11) is 0. The fourth-order valence-corrected chi connectivity index (χ4v) is 2.83. The van der Waals surface area contributed by atoms with Crippen molar-refractivity contribution in [2.45, 2.75) is 24.8 Å². The normalized spacial score (nSPS) is 21.8. The maximum Gasteiger partial charge on any atom is 0.126 e. The van der Waals surface area contributed by atoms with Gasteiger partial charge in [0, 0.05) is 16.8 Å². The first kappa shape index (κ1) is 12.5. The van der Waals surface area contributed by atoms with Crippen LogP contribution in [0.25, 0.3) is 0 Å². The summed E-state index contributed by atoms with van der Waals surface area (Å²) in [5.41, 5.74) is 2.15. The molecule has 3 rings (SSSR count). The van der Waals surface area contributed by atoms with Crippen LogP contribution in [0.1, 0.15) is 24.3 Å². The Morgan fingerprint density at radius 2 is 1.79 bits per heavy atom. The summed E-state index contributed by atoms with van der Waals surface area (Å²) in [5.74, 6) is 0.316. The Hall–Kier alpha value is -1.54. The molecule has 98 valence electrons. The van der Waals surface area contributed by atoms with Crippen LogP contribution in [0, 0.1) is 5.82 Å². The largest absolute Gasteiger partial charge is 0.382 e. The highest BCUT2D eigenvalue weighted by atomic mass is 35.5. The van der Waals surface area contributed by atoms with E-state index in [-0.39, 0.29) is 5.82 Å². The summed E-state index contributed by atoms with van der Waals surface area (Å²) in [6.45, 7) is 0. The molecule has 2 aromatic rings. The van der Waals surface area contributed by atoms with Gasteiger partial charge in [-0.3, -0.25) is 0 Å². The van der Waals surface area contributed by atoms with Gasteiger partial charge in [0.15, 0.2) is 0 Å². The highest BCUT2D eigenvalue weighted by Gasteiger charge is 2.30. The van der Waals surface area contributed by atoms with Gasteiger partial charge in [-0.05, 0) is 42.5 Å². The molecule has 1 nitrogen and oxygen atoms in total. The Morgan fingerprint density at radius 1 is 1.05 bits per heavy atom. The lowest BCUT2D eigenvalue weighted by molar-refractivity contribution is 0.374. The van der Waals surface area contributed by atoms with E-state index < -0.39 is 0 Å². The number of hydrogen-bond donors (Lipinski definition) is 1. The van der Waals surface area contributed by atoms with Crippen molar-refractivity contribution in [2.24, 2.45) is 0 Å². The summed E-state index contributed by atoms with van der Waals surface area (Å²) >= 11 is 5.84. The summed E-state index contributed by atoms with van der Waals surface area (Å²) < 4.78 is 13.2. The predicted molar refractivity (Wildman–Crippen MR) is 77.2 cm³/mol. The van der Waals surface area contributed by atoms with Crippen molar-refractivity contribution in [3.8, 4) is 0 Å². The van der Waals surface area contributed by atoms with E-state index in [1.165, 1.54) is 17.7 Å². The van der Waals surface area contributed by atoms with Crippen LogP contribution in [0.5, 0.6) is 0 Å². The predicted octanol–water partition coefficient (Wildman–Crippen LogP) is 4.84. The molecular weight excluding hydrogens is 261 g/mol. The summed E-state index contributed by atoms with van der Waals surface area (Å²) in [4.78, 5) is 0. The molecule has 1 N–H and O–H groups in total. The number of anilines is 1. The summed E-state index contributed by atoms with van der Waals surface area (Å²) in [6, 6.07) is 15.5. The minimum absolute atomic E-state index is 0.297. The molecule has 0 spiro atoms. The van der Waals surface area contributed by atoms with Gasteiger partial charge < -0.3 is 5.32 Å². The molecule has 0 heterocycles. The molecule has 1 aliphatic carbocycles. The second-order valence-corrected chi connectivity index (χ2v) is 5.51. The van der Waals surface area contributed by atoms with Gasteiger partial charge in [0.25, 0.3) is 0 Å². The first-order chi connectivity index (χ1) is 9.20. The number of nitrogens with one attached hydrogen (secondary N) is 1. The van der Waals surface area contributed by atoms with Gasteiger partial charge in [-0.25, -0.2) is 4.39 Å². The molecule has 2 aromatic carbocycles. The number of hydrogen-bond acceptors (Lipinski definition) is 1. The van der Waals surface area contributed by atoms with Crippen molar-refractivity contribution in [1.29, 1.82) is 0 Å². The van der Waals surface area contributed by atoms with E-state index >= 15 is 0 Å².